The fraction of sp³-hybridized carbons (Fsp3) is 0.458. The second kappa shape index (κ2) is 10.1. The monoisotopic (exact) mass is 495 g/mol. The number of halogens is 3. The lowest BCUT2D eigenvalue weighted by Gasteiger charge is -2.40. The van der Waals surface area contributed by atoms with Crippen molar-refractivity contribution in [3.05, 3.63) is 71.3 Å². The maximum Gasteiger partial charge on any atom is 0.416 e. The van der Waals surface area contributed by atoms with E-state index in [4.69, 9.17) is 0 Å². The predicted octanol–water partition coefficient (Wildman–Crippen LogP) is 2.82. The van der Waals surface area contributed by atoms with E-state index >= 15 is 0 Å². The summed E-state index contributed by atoms with van der Waals surface area (Å²) in [4.78, 5) is 19.4. The molecule has 2 aromatic rings. The van der Waals surface area contributed by atoms with Crippen molar-refractivity contribution < 1.29 is 26.4 Å². The van der Waals surface area contributed by atoms with Crippen molar-refractivity contribution in [1.29, 1.82) is 0 Å². The summed E-state index contributed by atoms with van der Waals surface area (Å²) in [6.45, 7) is 3.41. The number of carbonyl (C=O) groups is 1. The average Bonchev–Trinajstić information content (AvgIpc) is 2.81. The molecule has 0 saturated carbocycles. The van der Waals surface area contributed by atoms with Crippen LogP contribution >= 0.6 is 0 Å². The van der Waals surface area contributed by atoms with Crippen molar-refractivity contribution in [2.45, 2.75) is 18.8 Å². The van der Waals surface area contributed by atoms with Gasteiger partial charge in [0.25, 0.3) is 0 Å². The van der Waals surface area contributed by atoms with Gasteiger partial charge in [0, 0.05) is 45.8 Å². The first-order valence-electron chi connectivity index (χ1n) is 11.3. The Hall–Kier alpha value is -2.43. The summed E-state index contributed by atoms with van der Waals surface area (Å²) in [7, 11) is -3.07. The first kappa shape index (κ1) is 24.7. The van der Waals surface area contributed by atoms with Crippen molar-refractivity contribution >= 4 is 15.7 Å². The lowest BCUT2D eigenvalue weighted by atomic mass is 10.0. The molecule has 34 heavy (non-hydrogen) atoms. The first-order valence-corrected chi connectivity index (χ1v) is 13.1. The van der Waals surface area contributed by atoms with Gasteiger partial charge in [-0.25, -0.2) is 8.42 Å². The lowest BCUT2D eigenvalue weighted by molar-refractivity contribution is -0.139. The number of hydrogen-bond acceptors (Lipinski definition) is 5. The molecule has 0 bridgehead atoms. The van der Waals surface area contributed by atoms with E-state index in [1.807, 2.05) is 40.1 Å². The van der Waals surface area contributed by atoms with Gasteiger partial charge in [-0.3, -0.25) is 14.6 Å². The summed E-state index contributed by atoms with van der Waals surface area (Å²) in [5.74, 6) is 0.0503. The number of sulfone groups is 1. The zero-order valence-electron chi connectivity index (χ0n) is 18.7. The van der Waals surface area contributed by atoms with E-state index in [1.165, 1.54) is 12.1 Å². The molecule has 4 rings (SSSR count). The third-order valence-electron chi connectivity index (χ3n) is 6.46. The molecule has 2 aliphatic rings. The predicted molar refractivity (Wildman–Crippen MR) is 123 cm³/mol. The Morgan fingerprint density at radius 1 is 0.853 bits per heavy atom. The normalized spacial score (nSPS) is 20.7. The van der Waals surface area contributed by atoms with Gasteiger partial charge in [-0.2, -0.15) is 13.2 Å². The van der Waals surface area contributed by atoms with Crippen molar-refractivity contribution in [3.63, 3.8) is 0 Å². The van der Waals surface area contributed by atoms with E-state index in [2.05, 4.69) is 4.90 Å². The molecule has 0 N–H and O–H groups in total. The van der Waals surface area contributed by atoms with Gasteiger partial charge in [-0.05, 0) is 23.3 Å². The van der Waals surface area contributed by atoms with E-state index < -0.39 is 27.6 Å². The molecule has 10 heteroatoms. The van der Waals surface area contributed by atoms with Gasteiger partial charge >= 0.3 is 6.18 Å². The minimum Gasteiger partial charge on any atom is -0.338 e. The largest absolute Gasteiger partial charge is 0.416 e. The molecule has 0 aliphatic carbocycles. The van der Waals surface area contributed by atoms with Crippen molar-refractivity contribution in [1.82, 2.24) is 14.7 Å². The van der Waals surface area contributed by atoms with Gasteiger partial charge in [0.05, 0.1) is 17.1 Å². The van der Waals surface area contributed by atoms with Crippen LogP contribution in [-0.2, 0) is 27.4 Å². The van der Waals surface area contributed by atoms with Crippen LogP contribution in [0, 0.1) is 0 Å². The van der Waals surface area contributed by atoms with Gasteiger partial charge < -0.3 is 4.90 Å². The standard InChI is InChI=1S/C24H28F3N3O3S/c25-24(26,27)21-8-6-19(7-9-21)18-28-10-12-30(13-11-28)23(31)22(20-4-2-1-3-5-20)29-14-16-34(32,33)17-15-29/h1-9,22H,10-18H2. The van der Waals surface area contributed by atoms with E-state index in [9.17, 15) is 26.4 Å². The van der Waals surface area contributed by atoms with Crippen molar-refractivity contribution in [3.8, 4) is 0 Å². The van der Waals surface area contributed by atoms with Gasteiger partial charge in [0.2, 0.25) is 5.91 Å². The first-order chi connectivity index (χ1) is 16.1. The van der Waals surface area contributed by atoms with E-state index in [1.54, 1.807) is 0 Å². The molecule has 2 saturated heterocycles. The van der Waals surface area contributed by atoms with Crippen molar-refractivity contribution in [2.75, 3.05) is 50.8 Å². The van der Waals surface area contributed by atoms with Gasteiger partial charge in [0.1, 0.15) is 6.04 Å². The summed E-state index contributed by atoms with van der Waals surface area (Å²) in [5.41, 5.74) is 0.979. The molecule has 0 spiro atoms. The summed E-state index contributed by atoms with van der Waals surface area (Å²) >= 11 is 0. The number of nitrogens with zero attached hydrogens (tertiary/aromatic N) is 3. The topological polar surface area (TPSA) is 60.9 Å². The van der Waals surface area contributed by atoms with Crippen LogP contribution in [0.5, 0.6) is 0 Å². The molecule has 2 aliphatic heterocycles. The van der Waals surface area contributed by atoms with Crippen LogP contribution in [0.3, 0.4) is 0 Å². The average molecular weight is 496 g/mol. The zero-order chi connectivity index (χ0) is 24.3. The Morgan fingerprint density at radius 2 is 1.44 bits per heavy atom. The summed E-state index contributed by atoms with van der Waals surface area (Å²) < 4.78 is 62.1. The maximum atomic E-state index is 13.6. The molecule has 0 radical (unpaired) electrons. The summed E-state index contributed by atoms with van der Waals surface area (Å²) in [6.07, 6.45) is -4.35. The van der Waals surface area contributed by atoms with Crippen LogP contribution in [0.25, 0.3) is 0 Å². The SMILES string of the molecule is O=C(C(c1ccccc1)N1CCS(=O)(=O)CC1)N1CCN(Cc2ccc(C(F)(F)F)cc2)CC1. The number of alkyl halides is 3. The van der Waals surface area contributed by atoms with E-state index in [0.29, 0.717) is 45.8 Å². The zero-order valence-corrected chi connectivity index (χ0v) is 19.6. The molecular weight excluding hydrogens is 467 g/mol. The molecule has 1 amide bonds. The van der Waals surface area contributed by atoms with Gasteiger partial charge in [-0.1, -0.05) is 42.5 Å². The smallest absolute Gasteiger partial charge is 0.338 e. The Labute approximate surface area is 197 Å². The van der Waals surface area contributed by atoms with Crippen LogP contribution in [0.2, 0.25) is 0 Å². The molecule has 1 atom stereocenters. The highest BCUT2D eigenvalue weighted by Gasteiger charge is 2.36. The molecular formula is C24H28F3N3O3S. The van der Waals surface area contributed by atoms with E-state index in [0.717, 1.165) is 23.3 Å². The van der Waals surface area contributed by atoms with Gasteiger partial charge in [-0.15, -0.1) is 0 Å². The quantitative estimate of drug-likeness (QED) is 0.639. The number of amides is 1. The third kappa shape index (κ3) is 5.97. The summed E-state index contributed by atoms with van der Waals surface area (Å²) in [6, 6.07) is 14.1. The Balaban J connectivity index is 1.39. The third-order valence-corrected chi connectivity index (χ3v) is 8.07. The second-order valence-electron chi connectivity index (χ2n) is 8.80. The molecule has 1 unspecified atom stereocenters. The molecule has 184 valence electrons. The number of hydrogen-bond donors (Lipinski definition) is 0. The molecule has 2 fully saturated rings. The Kier molecular flexibility index (Phi) is 7.30. The van der Waals surface area contributed by atoms with Crippen LogP contribution in [0.15, 0.2) is 54.6 Å². The van der Waals surface area contributed by atoms with Crippen LogP contribution < -0.4 is 0 Å². The lowest BCUT2D eigenvalue weighted by Crippen LogP contribution is -2.53. The second-order valence-corrected chi connectivity index (χ2v) is 11.1. The van der Waals surface area contributed by atoms with Crippen LogP contribution in [-0.4, -0.2) is 79.8 Å². The molecule has 2 heterocycles. The molecule has 2 aromatic carbocycles. The molecule has 6 nitrogen and oxygen atoms in total. The minimum atomic E-state index is -4.35. The molecule has 0 aromatic heterocycles. The fourth-order valence-electron chi connectivity index (χ4n) is 4.49. The highest BCUT2D eigenvalue weighted by molar-refractivity contribution is 7.91. The summed E-state index contributed by atoms with van der Waals surface area (Å²) in [5, 5.41) is 0. The number of carbonyl (C=O) groups excluding carboxylic acids is 1. The number of benzene rings is 2. The van der Waals surface area contributed by atoms with Crippen LogP contribution in [0.4, 0.5) is 13.2 Å². The highest BCUT2D eigenvalue weighted by Crippen LogP contribution is 2.29. The highest BCUT2D eigenvalue weighted by atomic mass is 32.2. The van der Waals surface area contributed by atoms with Gasteiger partial charge in [0.15, 0.2) is 9.84 Å². The van der Waals surface area contributed by atoms with E-state index in [-0.39, 0.29) is 17.4 Å². The Bertz CT molecular complexity index is 1070. The minimum absolute atomic E-state index is 0.0420. The van der Waals surface area contributed by atoms with Crippen LogP contribution in [0.1, 0.15) is 22.7 Å². The fourth-order valence-corrected chi connectivity index (χ4v) is 5.72. The number of rotatable bonds is 5. The number of piperazine rings is 1. The maximum absolute atomic E-state index is 13.6. The van der Waals surface area contributed by atoms with Crippen molar-refractivity contribution in [2.24, 2.45) is 0 Å². The Morgan fingerprint density at radius 3 is 2.00 bits per heavy atom.